The lowest BCUT2D eigenvalue weighted by Gasteiger charge is -2.26. The summed E-state index contributed by atoms with van der Waals surface area (Å²) in [7, 11) is 0. The maximum absolute atomic E-state index is 3.50. The Morgan fingerprint density at radius 2 is 1.71 bits per heavy atom. The van der Waals surface area contributed by atoms with Gasteiger partial charge < -0.3 is 10.2 Å². The molecule has 0 bridgehead atoms. The van der Waals surface area contributed by atoms with Crippen molar-refractivity contribution in [2.75, 3.05) is 23.3 Å². The van der Waals surface area contributed by atoms with Gasteiger partial charge >= 0.3 is 0 Å². The molecule has 2 aromatic rings. The fraction of sp³-hybridized carbons (Fsp3) is 0.368. The Bertz CT molecular complexity index is 648. The maximum atomic E-state index is 3.50. The largest absolute Gasteiger partial charge is 0.385 e. The zero-order valence-corrected chi connectivity index (χ0v) is 12.4. The van der Waals surface area contributed by atoms with E-state index in [4.69, 9.17) is 0 Å². The van der Waals surface area contributed by atoms with Crippen molar-refractivity contribution in [3.63, 3.8) is 0 Å². The SMILES string of the molecule is c1ccc2c(c1)CCCN(c1ccc3c(c1)CCCN3)C2. The zero-order chi connectivity index (χ0) is 14.1. The van der Waals surface area contributed by atoms with Crippen LogP contribution in [-0.4, -0.2) is 13.1 Å². The third-order valence-electron chi connectivity index (χ3n) is 4.75. The van der Waals surface area contributed by atoms with Crippen LogP contribution < -0.4 is 10.2 Å². The molecule has 0 saturated carbocycles. The van der Waals surface area contributed by atoms with E-state index in [2.05, 4.69) is 52.7 Å². The van der Waals surface area contributed by atoms with E-state index in [1.54, 1.807) is 0 Å². The van der Waals surface area contributed by atoms with Crippen LogP contribution in [-0.2, 0) is 19.4 Å². The Labute approximate surface area is 126 Å². The molecular weight excluding hydrogens is 256 g/mol. The Morgan fingerprint density at radius 1 is 0.857 bits per heavy atom. The first-order chi connectivity index (χ1) is 10.4. The average molecular weight is 278 g/mol. The highest BCUT2D eigenvalue weighted by atomic mass is 15.1. The van der Waals surface area contributed by atoms with Crippen molar-refractivity contribution < 1.29 is 0 Å². The Hall–Kier alpha value is -1.96. The molecule has 0 fully saturated rings. The lowest BCUT2D eigenvalue weighted by atomic mass is 10.0. The Balaban J connectivity index is 1.64. The predicted octanol–water partition coefficient (Wildman–Crippen LogP) is 4.00. The Kier molecular flexibility index (Phi) is 3.30. The van der Waals surface area contributed by atoms with E-state index in [1.807, 2.05) is 0 Å². The molecule has 2 aromatic carbocycles. The van der Waals surface area contributed by atoms with E-state index in [0.29, 0.717) is 0 Å². The van der Waals surface area contributed by atoms with Gasteiger partial charge in [0.25, 0.3) is 0 Å². The van der Waals surface area contributed by atoms with Gasteiger partial charge in [-0.3, -0.25) is 0 Å². The fourth-order valence-electron chi connectivity index (χ4n) is 3.58. The van der Waals surface area contributed by atoms with E-state index >= 15 is 0 Å². The summed E-state index contributed by atoms with van der Waals surface area (Å²) in [6, 6.07) is 15.8. The summed E-state index contributed by atoms with van der Waals surface area (Å²) in [6.07, 6.45) is 4.91. The lowest BCUT2D eigenvalue weighted by molar-refractivity contribution is 0.763. The molecule has 0 saturated heterocycles. The highest BCUT2D eigenvalue weighted by Gasteiger charge is 2.16. The van der Waals surface area contributed by atoms with Crippen molar-refractivity contribution in [2.24, 2.45) is 0 Å². The first-order valence-electron chi connectivity index (χ1n) is 8.09. The number of hydrogen-bond donors (Lipinski definition) is 1. The number of rotatable bonds is 1. The molecule has 4 rings (SSSR count). The van der Waals surface area contributed by atoms with Gasteiger partial charge in [-0.2, -0.15) is 0 Å². The standard InChI is InChI=1S/C19H22N2/c1-2-6-17-14-21(12-4-8-15(17)5-1)18-9-10-19-16(13-18)7-3-11-20-19/h1-2,5-6,9-10,13,20H,3-4,7-8,11-12,14H2. The molecule has 0 unspecified atom stereocenters. The summed E-state index contributed by atoms with van der Waals surface area (Å²) in [4.78, 5) is 2.54. The summed E-state index contributed by atoms with van der Waals surface area (Å²) < 4.78 is 0. The maximum Gasteiger partial charge on any atom is 0.0432 e. The molecular formula is C19H22N2. The number of anilines is 2. The van der Waals surface area contributed by atoms with Gasteiger partial charge in [0.15, 0.2) is 0 Å². The van der Waals surface area contributed by atoms with Crippen LogP contribution in [0.5, 0.6) is 0 Å². The first-order valence-corrected chi connectivity index (χ1v) is 8.09. The quantitative estimate of drug-likeness (QED) is 0.848. The second-order valence-electron chi connectivity index (χ2n) is 6.17. The molecule has 2 aliphatic rings. The topological polar surface area (TPSA) is 15.3 Å². The third kappa shape index (κ3) is 2.51. The number of nitrogens with one attached hydrogen (secondary N) is 1. The van der Waals surface area contributed by atoms with Crippen LogP contribution in [0.4, 0.5) is 11.4 Å². The van der Waals surface area contributed by atoms with Crippen LogP contribution >= 0.6 is 0 Å². The molecule has 1 N–H and O–H groups in total. The van der Waals surface area contributed by atoms with Crippen LogP contribution in [0.15, 0.2) is 42.5 Å². The number of nitrogens with zero attached hydrogens (tertiary/aromatic N) is 1. The molecule has 0 atom stereocenters. The van der Waals surface area contributed by atoms with Gasteiger partial charge in [-0.05, 0) is 60.6 Å². The van der Waals surface area contributed by atoms with Gasteiger partial charge in [-0.15, -0.1) is 0 Å². The highest BCUT2D eigenvalue weighted by molar-refractivity contribution is 5.62. The van der Waals surface area contributed by atoms with Crippen molar-refractivity contribution in [1.82, 2.24) is 0 Å². The van der Waals surface area contributed by atoms with Crippen LogP contribution in [0, 0.1) is 0 Å². The van der Waals surface area contributed by atoms with Crippen LogP contribution in [0.25, 0.3) is 0 Å². The van der Waals surface area contributed by atoms with E-state index < -0.39 is 0 Å². The van der Waals surface area contributed by atoms with Crippen molar-refractivity contribution in [1.29, 1.82) is 0 Å². The fourth-order valence-corrected chi connectivity index (χ4v) is 3.58. The molecule has 0 aromatic heterocycles. The molecule has 2 nitrogen and oxygen atoms in total. The van der Waals surface area contributed by atoms with E-state index in [1.165, 1.54) is 53.7 Å². The third-order valence-corrected chi connectivity index (χ3v) is 4.75. The lowest BCUT2D eigenvalue weighted by Crippen LogP contribution is -2.23. The number of aryl methyl sites for hydroxylation is 2. The molecule has 0 radical (unpaired) electrons. The minimum absolute atomic E-state index is 1.04. The van der Waals surface area contributed by atoms with Crippen LogP contribution in [0.3, 0.4) is 0 Å². The van der Waals surface area contributed by atoms with Gasteiger partial charge in [0.05, 0.1) is 0 Å². The van der Waals surface area contributed by atoms with Crippen LogP contribution in [0.2, 0.25) is 0 Å². The van der Waals surface area contributed by atoms with Crippen molar-refractivity contribution in [3.8, 4) is 0 Å². The van der Waals surface area contributed by atoms with Gasteiger partial charge in [0, 0.05) is 31.0 Å². The summed E-state index contributed by atoms with van der Waals surface area (Å²) in [6.45, 7) is 3.31. The smallest absolute Gasteiger partial charge is 0.0432 e. The summed E-state index contributed by atoms with van der Waals surface area (Å²) in [5, 5.41) is 3.50. The minimum Gasteiger partial charge on any atom is -0.385 e. The molecule has 0 spiro atoms. The summed E-state index contributed by atoms with van der Waals surface area (Å²) in [5.41, 5.74) is 7.22. The van der Waals surface area contributed by atoms with Crippen molar-refractivity contribution >= 4 is 11.4 Å². The molecule has 2 heterocycles. The van der Waals surface area contributed by atoms with Crippen molar-refractivity contribution in [3.05, 3.63) is 59.2 Å². The van der Waals surface area contributed by atoms with Gasteiger partial charge in [0.2, 0.25) is 0 Å². The average Bonchev–Trinajstić information content (AvgIpc) is 2.76. The molecule has 2 aliphatic heterocycles. The Morgan fingerprint density at radius 3 is 2.67 bits per heavy atom. The normalized spacial score (nSPS) is 17.4. The monoisotopic (exact) mass is 278 g/mol. The number of hydrogen-bond acceptors (Lipinski definition) is 2. The first kappa shape index (κ1) is 12.8. The van der Waals surface area contributed by atoms with Gasteiger partial charge in [-0.1, -0.05) is 24.3 Å². The highest BCUT2D eigenvalue weighted by Crippen LogP contribution is 2.29. The zero-order valence-electron chi connectivity index (χ0n) is 12.4. The second-order valence-corrected chi connectivity index (χ2v) is 6.17. The summed E-state index contributed by atoms with van der Waals surface area (Å²) >= 11 is 0. The number of benzene rings is 2. The minimum atomic E-state index is 1.04. The van der Waals surface area contributed by atoms with Crippen molar-refractivity contribution in [2.45, 2.75) is 32.2 Å². The summed E-state index contributed by atoms with van der Waals surface area (Å²) in [5.74, 6) is 0. The van der Waals surface area contributed by atoms with Gasteiger partial charge in [0.1, 0.15) is 0 Å². The van der Waals surface area contributed by atoms with E-state index in [0.717, 1.165) is 19.6 Å². The second kappa shape index (κ2) is 5.44. The molecule has 108 valence electrons. The molecule has 0 amide bonds. The van der Waals surface area contributed by atoms with Gasteiger partial charge in [-0.25, -0.2) is 0 Å². The molecule has 21 heavy (non-hydrogen) atoms. The van der Waals surface area contributed by atoms with Crippen LogP contribution in [0.1, 0.15) is 29.5 Å². The van der Waals surface area contributed by atoms with E-state index in [9.17, 15) is 0 Å². The molecule has 0 aliphatic carbocycles. The van der Waals surface area contributed by atoms with E-state index in [-0.39, 0.29) is 0 Å². The number of fused-ring (bicyclic) bond motifs is 2. The molecule has 2 heteroatoms. The predicted molar refractivity (Wildman–Crippen MR) is 89.1 cm³/mol.